The number of aryl methyl sites for hydroxylation is 2. The fraction of sp³-hybridized carbons (Fsp3) is 0.273. The summed E-state index contributed by atoms with van der Waals surface area (Å²) in [6, 6.07) is 3.30. The Bertz CT molecular complexity index is 485. The summed E-state index contributed by atoms with van der Waals surface area (Å²) in [7, 11) is 1.82. The third-order valence-corrected chi connectivity index (χ3v) is 2.23. The van der Waals surface area contributed by atoms with E-state index in [1.54, 1.807) is 23.0 Å². The molecule has 2 rings (SSSR count). The zero-order valence-electron chi connectivity index (χ0n) is 9.23. The van der Waals surface area contributed by atoms with Crippen molar-refractivity contribution in [2.75, 3.05) is 5.32 Å². The van der Waals surface area contributed by atoms with Crippen LogP contribution in [0, 0.1) is 0 Å². The molecule has 2 heterocycles. The second-order valence-corrected chi connectivity index (χ2v) is 3.45. The van der Waals surface area contributed by atoms with Gasteiger partial charge in [-0.3, -0.25) is 9.48 Å². The predicted molar refractivity (Wildman–Crippen MR) is 59.2 cm³/mol. The molecular weight excluding hydrogens is 206 g/mol. The van der Waals surface area contributed by atoms with Crippen LogP contribution in [-0.4, -0.2) is 15.7 Å². The van der Waals surface area contributed by atoms with Crippen molar-refractivity contribution in [2.24, 2.45) is 7.05 Å². The van der Waals surface area contributed by atoms with Gasteiger partial charge in [0.1, 0.15) is 0 Å². The van der Waals surface area contributed by atoms with E-state index in [2.05, 4.69) is 10.4 Å². The maximum atomic E-state index is 11.7. The van der Waals surface area contributed by atoms with Gasteiger partial charge in [0.25, 0.3) is 5.91 Å². The highest BCUT2D eigenvalue weighted by Crippen LogP contribution is 2.15. The summed E-state index contributed by atoms with van der Waals surface area (Å²) < 4.78 is 6.69. The average molecular weight is 219 g/mol. The molecule has 0 saturated heterocycles. The minimum absolute atomic E-state index is 0.257. The first kappa shape index (κ1) is 10.5. The molecule has 5 heteroatoms. The normalized spacial score (nSPS) is 10.4. The molecule has 0 saturated carbocycles. The third-order valence-electron chi connectivity index (χ3n) is 2.23. The Hall–Kier alpha value is -2.04. The summed E-state index contributed by atoms with van der Waals surface area (Å²) in [5, 5.41) is 7.00. The Kier molecular flexibility index (Phi) is 2.76. The Morgan fingerprint density at radius 2 is 2.44 bits per heavy atom. The molecule has 0 radical (unpaired) electrons. The lowest BCUT2D eigenvalue weighted by Gasteiger charge is -2.00. The van der Waals surface area contributed by atoms with Crippen LogP contribution in [-0.2, 0) is 13.5 Å². The molecule has 84 valence electrons. The number of anilines is 1. The van der Waals surface area contributed by atoms with Gasteiger partial charge in [-0.15, -0.1) is 0 Å². The Balaban J connectivity index is 2.17. The number of furan rings is 1. The van der Waals surface area contributed by atoms with E-state index in [1.165, 1.54) is 6.26 Å². The molecule has 0 aliphatic heterocycles. The van der Waals surface area contributed by atoms with E-state index in [9.17, 15) is 4.79 Å². The number of aromatic nitrogens is 2. The number of carbonyl (C=O) groups excluding carboxylic acids is 1. The summed E-state index contributed by atoms with van der Waals surface area (Å²) in [4.78, 5) is 11.7. The predicted octanol–water partition coefficient (Wildman–Crippen LogP) is 1.83. The number of nitrogens with zero attached hydrogens (tertiary/aromatic N) is 2. The van der Waals surface area contributed by atoms with Crippen LogP contribution < -0.4 is 5.32 Å². The molecule has 0 aliphatic rings. The number of nitrogens with one attached hydrogen (secondary N) is 1. The molecule has 1 N–H and O–H groups in total. The summed E-state index contributed by atoms with van der Waals surface area (Å²) in [5.74, 6) is 0.0404. The fourth-order valence-corrected chi connectivity index (χ4v) is 1.49. The van der Waals surface area contributed by atoms with Gasteiger partial charge < -0.3 is 9.73 Å². The Morgan fingerprint density at radius 3 is 3.06 bits per heavy atom. The van der Waals surface area contributed by atoms with Crippen molar-refractivity contribution in [3.05, 3.63) is 36.0 Å². The summed E-state index contributed by atoms with van der Waals surface area (Å²) in [5.41, 5.74) is 1.59. The van der Waals surface area contributed by atoms with Crippen LogP contribution in [0.15, 0.2) is 29.0 Å². The van der Waals surface area contributed by atoms with Crippen molar-refractivity contribution >= 4 is 11.6 Å². The van der Waals surface area contributed by atoms with Crippen LogP contribution in [0.3, 0.4) is 0 Å². The first-order valence-corrected chi connectivity index (χ1v) is 5.08. The molecule has 0 aromatic carbocycles. The van der Waals surface area contributed by atoms with E-state index >= 15 is 0 Å². The second-order valence-electron chi connectivity index (χ2n) is 3.45. The van der Waals surface area contributed by atoms with Crippen LogP contribution in [0.1, 0.15) is 23.2 Å². The third kappa shape index (κ3) is 1.98. The molecule has 2 aromatic rings. The zero-order chi connectivity index (χ0) is 11.5. The van der Waals surface area contributed by atoms with Gasteiger partial charge in [-0.05, 0) is 18.6 Å². The van der Waals surface area contributed by atoms with Crippen molar-refractivity contribution in [3.8, 4) is 0 Å². The van der Waals surface area contributed by atoms with E-state index in [4.69, 9.17) is 4.42 Å². The van der Waals surface area contributed by atoms with Gasteiger partial charge in [-0.1, -0.05) is 6.92 Å². The van der Waals surface area contributed by atoms with E-state index in [1.807, 2.05) is 14.0 Å². The molecule has 0 bridgehead atoms. The second kappa shape index (κ2) is 4.22. The molecule has 0 atom stereocenters. The highest BCUT2D eigenvalue weighted by molar-refractivity contribution is 6.02. The smallest absolute Gasteiger partial charge is 0.291 e. The average Bonchev–Trinajstić information content (AvgIpc) is 2.87. The van der Waals surface area contributed by atoms with Crippen LogP contribution in [0.25, 0.3) is 0 Å². The van der Waals surface area contributed by atoms with Gasteiger partial charge >= 0.3 is 0 Å². The van der Waals surface area contributed by atoms with Crippen molar-refractivity contribution in [3.63, 3.8) is 0 Å². The van der Waals surface area contributed by atoms with Gasteiger partial charge in [0, 0.05) is 13.2 Å². The number of amides is 1. The lowest BCUT2D eigenvalue weighted by atomic mass is 10.3. The number of hydrogen-bond donors (Lipinski definition) is 1. The first-order valence-electron chi connectivity index (χ1n) is 5.08. The van der Waals surface area contributed by atoms with Crippen molar-refractivity contribution in [1.29, 1.82) is 0 Å². The SMILES string of the molecule is CCc1nn(C)cc1NC(=O)c1ccco1. The van der Waals surface area contributed by atoms with Gasteiger partial charge in [0.2, 0.25) is 0 Å². The lowest BCUT2D eigenvalue weighted by molar-refractivity contribution is 0.0996. The molecule has 0 aliphatic carbocycles. The summed E-state index contributed by atoms with van der Waals surface area (Å²) in [6.07, 6.45) is 4.02. The van der Waals surface area contributed by atoms with Gasteiger partial charge in [0.15, 0.2) is 5.76 Å². The molecule has 16 heavy (non-hydrogen) atoms. The van der Waals surface area contributed by atoms with Crippen LogP contribution in [0.2, 0.25) is 0 Å². The minimum Gasteiger partial charge on any atom is -0.459 e. The molecule has 0 fully saturated rings. The van der Waals surface area contributed by atoms with Crippen LogP contribution >= 0.6 is 0 Å². The van der Waals surface area contributed by atoms with Gasteiger partial charge in [0.05, 0.1) is 17.6 Å². The lowest BCUT2D eigenvalue weighted by Crippen LogP contribution is -2.11. The van der Waals surface area contributed by atoms with Crippen molar-refractivity contribution in [1.82, 2.24) is 9.78 Å². The fourth-order valence-electron chi connectivity index (χ4n) is 1.49. The highest BCUT2D eigenvalue weighted by atomic mass is 16.3. The zero-order valence-corrected chi connectivity index (χ0v) is 9.23. The molecule has 0 spiro atoms. The van der Waals surface area contributed by atoms with Crippen LogP contribution in [0.4, 0.5) is 5.69 Å². The first-order chi connectivity index (χ1) is 7.70. The molecular formula is C11H13N3O2. The molecule has 2 aromatic heterocycles. The summed E-state index contributed by atoms with van der Waals surface area (Å²) >= 11 is 0. The van der Waals surface area contributed by atoms with E-state index in [-0.39, 0.29) is 5.91 Å². The number of rotatable bonds is 3. The van der Waals surface area contributed by atoms with E-state index < -0.39 is 0 Å². The summed E-state index contributed by atoms with van der Waals surface area (Å²) in [6.45, 7) is 1.99. The molecule has 0 unspecified atom stereocenters. The standard InChI is InChI=1S/C11H13N3O2/c1-3-8-9(7-14(2)13-8)12-11(15)10-5-4-6-16-10/h4-7H,3H2,1-2H3,(H,12,15). The maximum absolute atomic E-state index is 11.7. The van der Waals surface area contributed by atoms with Crippen molar-refractivity contribution in [2.45, 2.75) is 13.3 Å². The largest absolute Gasteiger partial charge is 0.459 e. The highest BCUT2D eigenvalue weighted by Gasteiger charge is 2.12. The van der Waals surface area contributed by atoms with E-state index in [0.717, 1.165) is 17.8 Å². The molecule has 5 nitrogen and oxygen atoms in total. The molecule has 1 amide bonds. The van der Waals surface area contributed by atoms with Gasteiger partial charge in [-0.2, -0.15) is 5.10 Å². The minimum atomic E-state index is -0.257. The van der Waals surface area contributed by atoms with Crippen LogP contribution in [0.5, 0.6) is 0 Å². The quantitative estimate of drug-likeness (QED) is 0.856. The van der Waals surface area contributed by atoms with Crippen molar-refractivity contribution < 1.29 is 9.21 Å². The Morgan fingerprint density at radius 1 is 1.62 bits per heavy atom. The van der Waals surface area contributed by atoms with E-state index in [0.29, 0.717) is 5.76 Å². The number of carbonyl (C=O) groups is 1. The Labute approximate surface area is 93.1 Å². The maximum Gasteiger partial charge on any atom is 0.291 e. The topological polar surface area (TPSA) is 60.1 Å². The monoisotopic (exact) mass is 219 g/mol. The number of hydrogen-bond acceptors (Lipinski definition) is 3. The van der Waals surface area contributed by atoms with Gasteiger partial charge in [-0.25, -0.2) is 0 Å².